The highest BCUT2D eigenvalue weighted by Gasteiger charge is 2.31. The smallest absolute Gasteiger partial charge is 0.337 e. The van der Waals surface area contributed by atoms with Gasteiger partial charge in [-0.05, 0) is 36.5 Å². The number of methoxy groups -OCH3 is 1. The molecule has 0 saturated carbocycles. The van der Waals surface area contributed by atoms with Gasteiger partial charge in [-0.1, -0.05) is 19.1 Å². The molecule has 0 spiro atoms. The molecule has 0 radical (unpaired) electrons. The molecule has 0 bridgehead atoms. The van der Waals surface area contributed by atoms with E-state index in [1.165, 1.54) is 7.11 Å². The van der Waals surface area contributed by atoms with Gasteiger partial charge >= 0.3 is 11.9 Å². The zero-order valence-corrected chi connectivity index (χ0v) is 14.0. The van der Waals surface area contributed by atoms with Crippen molar-refractivity contribution < 1.29 is 24.2 Å². The molecule has 2 rings (SSSR count). The molecule has 6 heteroatoms. The van der Waals surface area contributed by atoms with Crippen LogP contribution in [0.25, 0.3) is 0 Å². The number of piperidine rings is 1. The molecular formula is C18H23NO5. The fourth-order valence-corrected chi connectivity index (χ4v) is 3.07. The first-order valence-corrected chi connectivity index (χ1v) is 8.08. The molecule has 24 heavy (non-hydrogen) atoms. The maximum atomic E-state index is 12.4. The number of nitrogens with zero attached hydrogens (tertiary/aromatic N) is 1. The highest BCUT2D eigenvalue weighted by Crippen LogP contribution is 2.22. The highest BCUT2D eigenvalue weighted by atomic mass is 16.5. The van der Waals surface area contributed by atoms with Gasteiger partial charge in [0.05, 0.1) is 18.6 Å². The lowest BCUT2D eigenvalue weighted by atomic mass is 9.90. The monoisotopic (exact) mass is 333 g/mol. The van der Waals surface area contributed by atoms with Gasteiger partial charge in [-0.2, -0.15) is 0 Å². The molecule has 130 valence electrons. The van der Waals surface area contributed by atoms with Crippen molar-refractivity contribution in [3.8, 4) is 0 Å². The number of hydrogen-bond acceptors (Lipinski definition) is 4. The minimum absolute atomic E-state index is 0.0233. The van der Waals surface area contributed by atoms with Gasteiger partial charge in [0.15, 0.2) is 0 Å². The fraction of sp³-hybridized carbons (Fsp3) is 0.500. The van der Waals surface area contributed by atoms with E-state index in [0.29, 0.717) is 37.9 Å². The molecule has 2 atom stereocenters. The summed E-state index contributed by atoms with van der Waals surface area (Å²) in [5.41, 5.74) is 1.43. The van der Waals surface area contributed by atoms with Gasteiger partial charge in [-0.15, -0.1) is 0 Å². The number of carboxylic acid groups (broad SMARTS) is 1. The van der Waals surface area contributed by atoms with E-state index in [4.69, 9.17) is 0 Å². The van der Waals surface area contributed by atoms with Crippen molar-refractivity contribution in [1.82, 2.24) is 4.90 Å². The summed E-state index contributed by atoms with van der Waals surface area (Å²) in [6.07, 6.45) is 1.51. The summed E-state index contributed by atoms with van der Waals surface area (Å²) < 4.78 is 4.65. The summed E-state index contributed by atoms with van der Waals surface area (Å²) in [6.45, 7) is 2.88. The number of esters is 1. The largest absolute Gasteiger partial charge is 0.481 e. The quantitative estimate of drug-likeness (QED) is 0.833. The number of likely N-dealkylation sites (tertiary alicyclic amines) is 1. The Labute approximate surface area is 141 Å². The predicted octanol–water partition coefficient (Wildman–Crippen LogP) is 1.97. The number of aryl methyl sites for hydroxylation is 1. The topological polar surface area (TPSA) is 83.9 Å². The van der Waals surface area contributed by atoms with E-state index in [0.717, 1.165) is 5.56 Å². The number of hydrogen-bond donors (Lipinski definition) is 1. The second-order valence-electron chi connectivity index (χ2n) is 6.36. The maximum absolute atomic E-state index is 12.4. The average Bonchev–Trinajstić information content (AvgIpc) is 2.58. The van der Waals surface area contributed by atoms with Gasteiger partial charge in [0.25, 0.3) is 0 Å². The van der Waals surface area contributed by atoms with Crippen LogP contribution in [-0.2, 0) is 20.7 Å². The Balaban J connectivity index is 1.90. The van der Waals surface area contributed by atoms with E-state index in [9.17, 15) is 19.5 Å². The van der Waals surface area contributed by atoms with Gasteiger partial charge in [0.1, 0.15) is 0 Å². The zero-order valence-electron chi connectivity index (χ0n) is 14.0. The van der Waals surface area contributed by atoms with Crippen LogP contribution in [0, 0.1) is 11.8 Å². The van der Waals surface area contributed by atoms with E-state index < -0.39 is 11.9 Å². The molecule has 1 saturated heterocycles. The molecule has 1 heterocycles. The van der Waals surface area contributed by atoms with Gasteiger partial charge in [0, 0.05) is 19.5 Å². The third kappa shape index (κ3) is 4.57. The normalized spacial score (nSPS) is 20.5. The summed E-state index contributed by atoms with van der Waals surface area (Å²) in [7, 11) is 1.33. The first-order valence-electron chi connectivity index (χ1n) is 8.08. The number of carbonyl (C=O) groups excluding carboxylic acids is 2. The minimum atomic E-state index is -0.835. The van der Waals surface area contributed by atoms with Crippen LogP contribution in [0.2, 0.25) is 0 Å². The van der Waals surface area contributed by atoms with Crippen LogP contribution >= 0.6 is 0 Å². The zero-order chi connectivity index (χ0) is 17.7. The van der Waals surface area contributed by atoms with E-state index in [2.05, 4.69) is 4.74 Å². The number of aliphatic carboxylic acids is 1. The number of ether oxygens (including phenoxy) is 1. The van der Waals surface area contributed by atoms with Crippen molar-refractivity contribution in [2.75, 3.05) is 20.2 Å². The maximum Gasteiger partial charge on any atom is 0.337 e. The lowest BCUT2D eigenvalue weighted by Crippen LogP contribution is -2.45. The molecule has 1 N–H and O–H groups in total. The van der Waals surface area contributed by atoms with Gasteiger partial charge in [-0.3, -0.25) is 9.59 Å². The Hall–Kier alpha value is -2.37. The third-order valence-corrected chi connectivity index (χ3v) is 4.36. The first-order chi connectivity index (χ1) is 11.4. The van der Waals surface area contributed by atoms with Crippen LogP contribution in [0.3, 0.4) is 0 Å². The van der Waals surface area contributed by atoms with Gasteiger partial charge < -0.3 is 14.7 Å². The van der Waals surface area contributed by atoms with Crippen LogP contribution in [0.15, 0.2) is 24.3 Å². The number of amides is 1. The van der Waals surface area contributed by atoms with Gasteiger partial charge in [0.2, 0.25) is 5.91 Å². The molecule has 1 aromatic rings. The SMILES string of the molecule is COC(=O)c1ccc(CCC(=O)N2CC(C)CC(C(=O)O)C2)cc1. The van der Waals surface area contributed by atoms with Crippen LogP contribution < -0.4 is 0 Å². The molecule has 0 aliphatic carbocycles. The predicted molar refractivity (Wildman–Crippen MR) is 87.6 cm³/mol. The van der Waals surface area contributed by atoms with Crippen molar-refractivity contribution in [1.29, 1.82) is 0 Å². The Morgan fingerprint density at radius 1 is 1.21 bits per heavy atom. The Kier molecular flexibility index (Phi) is 5.95. The van der Waals surface area contributed by atoms with E-state index in [1.54, 1.807) is 29.2 Å². The van der Waals surface area contributed by atoms with Crippen LogP contribution in [0.5, 0.6) is 0 Å². The van der Waals surface area contributed by atoms with Crippen LogP contribution in [-0.4, -0.2) is 48.1 Å². The molecule has 1 aromatic carbocycles. The Morgan fingerprint density at radius 2 is 1.88 bits per heavy atom. The van der Waals surface area contributed by atoms with Crippen molar-refractivity contribution in [2.45, 2.75) is 26.2 Å². The summed E-state index contributed by atoms with van der Waals surface area (Å²) in [5.74, 6) is -1.53. The first kappa shape index (κ1) is 18.0. The lowest BCUT2D eigenvalue weighted by molar-refractivity contribution is -0.146. The third-order valence-electron chi connectivity index (χ3n) is 4.36. The number of carbonyl (C=O) groups is 3. The van der Waals surface area contributed by atoms with E-state index in [1.807, 2.05) is 6.92 Å². The molecule has 1 amide bonds. The van der Waals surface area contributed by atoms with E-state index in [-0.39, 0.29) is 17.8 Å². The van der Waals surface area contributed by atoms with Crippen molar-refractivity contribution >= 4 is 17.8 Å². The molecule has 0 aromatic heterocycles. The summed E-state index contributed by atoms with van der Waals surface area (Å²) in [4.78, 5) is 36.6. The summed E-state index contributed by atoms with van der Waals surface area (Å²) in [6, 6.07) is 6.96. The number of benzene rings is 1. The van der Waals surface area contributed by atoms with Gasteiger partial charge in [-0.25, -0.2) is 4.79 Å². The standard InChI is InChI=1S/C18H23NO5/c1-12-9-15(17(21)22)11-19(10-12)16(20)8-5-13-3-6-14(7-4-13)18(23)24-2/h3-4,6-7,12,15H,5,8-11H2,1-2H3,(H,21,22). The van der Waals surface area contributed by atoms with Crippen LogP contribution in [0.4, 0.5) is 0 Å². The fourth-order valence-electron chi connectivity index (χ4n) is 3.07. The molecule has 1 fully saturated rings. The van der Waals surface area contributed by atoms with E-state index >= 15 is 0 Å². The number of carboxylic acids is 1. The second-order valence-corrected chi connectivity index (χ2v) is 6.36. The Bertz CT molecular complexity index is 610. The van der Waals surface area contributed by atoms with Crippen molar-refractivity contribution in [3.63, 3.8) is 0 Å². The molecule has 2 unspecified atom stereocenters. The summed E-state index contributed by atoms with van der Waals surface area (Å²) in [5, 5.41) is 9.18. The van der Waals surface area contributed by atoms with Crippen LogP contribution in [0.1, 0.15) is 35.7 Å². The highest BCUT2D eigenvalue weighted by molar-refractivity contribution is 5.89. The molecular weight excluding hydrogens is 310 g/mol. The Morgan fingerprint density at radius 3 is 2.46 bits per heavy atom. The molecule has 1 aliphatic rings. The van der Waals surface area contributed by atoms with Crippen molar-refractivity contribution in [2.24, 2.45) is 11.8 Å². The van der Waals surface area contributed by atoms with Crippen molar-refractivity contribution in [3.05, 3.63) is 35.4 Å². The number of rotatable bonds is 5. The summed E-state index contributed by atoms with van der Waals surface area (Å²) >= 11 is 0. The minimum Gasteiger partial charge on any atom is -0.481 e. The lowest BCUT2D eigenvalue weighted by Gasteiger charge is -2.34. The molecule has 6 nitrogen and oxygen atoms in total. The molecule has 1 aliphatic heterocycles. The average molecular weight is 333 g/mol. The second kappa shape index (κ2) is 7.95.